The average Bonchev–Trinajstić information content (AvgIpc) is 3.28. The maximum absolute atomic E-state index is 5.30. The third-order valence-electron chi connectivity index (χ3n) is 4.85. The Hall–Kier alpha value is -2.69. The molecule has 0 aliphatic heterocycles. The van der Waals surface area contributed by atoms with Crippen LogP contribution in [0, 0.1) is 0 Å². The molecule has 0 bridgehead atoms. The minimum atomic E-state index is 0. The Morgan fingerprint density at radius 2 is 1.97 bits per heavy atom. The van der Waals surface area contributed by atoms with Crippen molar-refractivity contribution in [2.24, 2.45) is 4.99 Å². The molecule has 3 rings (SSSR count). The average molecular weight is 550 g/mol. The number of nitrogens with zero attached hydrogens (tertiary/aromatic N) is 4. The number of rotatable bonds is 10. The molecule has 0 saturated carbocycles. The first kappa shape index (κ1) is 25.6. The van der Waals surface area contributed by atoms with Gasteiger partial charge >= 0.3 is 0 Å². The van der Waals surface area contributed by atoms with Gasteiger partial charge in [-0.05, 0) is 49.1 Å². The largest absolute Gasteiger partial charge is 0.497 e. The SMILES string of the molecule is CCNC(=NCCC(C)c1ccc(OC)cc1)NCCc1noc(-c2ccccn2)n1.I. The number of methoxy groups -OCH3 is 1. The van der Waals surface area contributed by atoms with Crippen LogP contribution in [0.4, 0.5) is 0 Å². The van der Waals surface area contributed by atoms with Gasteiger partial charge in [-0.25, -0.2) is 0 Å². The van der Waals surface area contributed by atoms with E-state index in [1.165, 1.54) is 5.56 Å². The summed E-state index contributed by atoms with van der Waals surface area (Å²) < 4.78 is 10.5. The molecule has 172 valence electrons. The highest BCUT2D eigenvalue weighted by Crippen LogP contribution is 2.21. The van der Waals surface area contributed by atoms with Gasteiger partial charge in [0.1, 0.15) is 11.4 Å². The number of aliphatic imine (C=N–C) groups is 1. The Balaban J connectivity index is 0.00000363. The number of hydrogen-bond donors (Lipinski definition) is 2. The molecule has 8 nitrogen and oxygen atoms in total. The third kappa shape index (κ3) is 7.77. The summed E-state index contributed by atoms with van der Waals surface area (Å²) in [5.74, 6) is 3.15. The van der Waals surface area contributed by atoms with E-state index in [4.69, 9.17) is 14.3 Å². The smallest absolute Gasteiger partial charge is 0.276 e. The highest BCUT2D eigenvalue weighted by molar-refractivity contribution is 14.0. The molecule has 3 aromatic rings. The van der Waals surface area contributed by atoms with E-state index >= 15 is 0 Å². The second-order valence-corrected chi connectivity index (χ2v) is 7.13. The molecule has 1 unspecified atom stereocenters. The minimum Gasteiger partial charge on any atom is -0.497 e. The quantitative estimate of drug-likeness (QED) is 0.223. The Morgan fingerprint density at radius 3 is 2.66 bits per heavy atom. The van der Waals surface area contributed by atoms with Crippen molar-refractivity contribution in [2.45, 2.75) is 32.6 Å². The van der Waals surface area contributed by atoms with Crippen molar-refractivity contribution in [3.8, 4) is 17.3 Å². The maximum atomic E-state index is 5.30. The fourth-order valence-corrected chi connectivity index (χ4v) is 3.05. The zero-order chi connectivity index (χ0) is 21.9. The van der Waals surface area contributed by atoms with Crippen molar-refractivity contribution in [3.63, 3.8) is 0 Å². The molecule has 1 aromatic carbocycles. The Bertz CT molecular complexity index is 947. The predicted octanol–water partition coefficient (Wildman–Crippen LogP) is 4.05. The number of benzene rings is 1. The Labute approximate surface area is 206 Å². The Morgan fingerprint density at radius 1 is 1.16 bits per heavy atom. The van der Waals surface area contributed by atoms with E-state index < -0.39 is 0 Å². The molecule has 0 saturated heterocycles. The van der Waals surface area contributed by atoms with Gasteiger partial charge in [-0.1, -0.05) is 30.3 Å². The van der Waals surface area contributed by atoms with Crippen LogP contribution in [0.1, 0.15) is 37.6 Å². The van der Waals surface area contributed by atoms with Gasteiger partial charge in [0.25, 0.3) is 5.89 Å². The number of ether oxygens (including phenoxy) is 1. The van der Waals surface area contributed by atoms with E-state index in [1.807, 2.05) is 30.3 Å². The summed E-state index contributed by atoms with van der Waals surface area (Å²) in [5.41, 5.74) is 1.96. The van der Waals surface area contributed by atoms with Crippen LogP contribution in [0.2, 0.25) is 0 Å². The van der Waals surface area contributed by atoms with Crippen LogP contribution in [0.15, 0.2) is 58.2 Å². The zero-order valence-corrected chi connectivity index (χ0v) is 21.1. The van der Waals surface area contributed by atoms with E-state index in [0.29, 0.717) is 36.3 Å². The first-order chi connectivity index (χ1) is 15.2. The van der Waals surface area contributed by atoms with Crippen LogP contribution in [0.3, 0.4) is 0 Å². The van der Waals surface area contributed by atoms with Gasteiger partial charge in [0.2, 0.25) is 0 Å². The number of hydrogen-bond acceptors (Lipinski definition) is 6. The van der Waals surface area contributed by atoms with Gasteiger partial charge in [-0.3, -0.25) is 9.98 Å². The lowest BCUT2D eigenvalue weighted by Gasteiger charge is -2.13. The molecule has 1 atom stereocenters. The van der Waals surface area contributed by atoms with Gasteiger partial charge in [-0.2, -0.15) is 4.98 Å². The van der Waals surface area contributed by atoms with Crippen LogP contribution < -0.4 is 15.4 Å². The Kier molecular flexibility index (Phi) is 10.9. The lowest BCUT2D eigenvalue weighted by Crippen LogP contribution is -2.38. The van der Waals surface area contributed by atoms with Crippen LogP contribution in [-0.2, 0) is 6.42 Å². The summed E-state index contributed by atoms with van der Waals surface area (Å²) in [4.78, 5) is 13.3. The molecule has 0 aliphatic carbocycles. The van der Waals surface area contributed by atoms with E-state index in [2.05, 4.69) is 51.7 Å². The van der Waals surface area contributed by atoms with Crippen LogP contribution in [0.5, 0.6) is 5.75 Å². The monoisotopic (exact) mass is 550 g/mol. The van der Waals surface area contributed by atoms with Crippen LogP contribution in [0.25, 0.3) is 11.6 Å². The topological polar surface area (TPSA) is 97.5 Å². The summed E-state index contributed by atoms with van der Waals surface area (Å²) in [6.45, 7) is 6.45. The van der Waals surface area contributed by atoms with Crippen LogP contribution in [-0.4, -0.2) is 47.8 Å². The van der Waals surface area contributed by atoms with Gasteiger partial charge < -0.3 is 19.9 Å². The highest BCUT2D eigenvalue weighted by Gasteiger charge is 2.10. The fourth-order valence-electron chi connectivity index (χ4n) is 3.05. The molecule has 2 heterocycles. The molecule has 0 radical (unpaired) electrons. The van der Waals surface area contributed by atoms with Gasteiger partial charge in [0, 0.05) is 32.3 Å². The summed E-state index contributed by atoms with van der Waals surface area (Å²) in [7, 11) is 1.68. The molecular formula is C23H31IN6O2. The summed E-state index contributed by atoms with van der Waals surface area (Å²) in [6, 6.07) is 13.8. The number of pyridine rings is 1. The fraction of sp³-hybridized carbons (Fsp3) is 0.391. The van der Waals surface area contributed by atoms with Crippen molar-refractivity contribution in [2.75, 3.05) is 26.7 Å². The van der Waals surface area contributed by atoms with Crippen molar-refractivity contribution < 1.29 is 9.26 Å². The molecule has 0 aliphatic rings. The zero-order valence-electron chi connectivity index (χ0n) is 18.7. The molecule has 32 heavy (non-hydrogen) atoms. The van der Waals surface area contributed by atoms with Gasteiger partial charge in [0.15, 0.2) is 11.8 Å². The normalized spacial score (nSPS) is 12.0. The highest BCUT2D eigenvalue weighted by atomic mass is 127. The molecule has 2 N–H and O–H groups in total. The molecule has 9 heteroatoms. The van der Waals surface area contributed by atoms with Crippen molar-refractivity contribution in [1.82, 2.24) is 25.8 Å². The maximum Gasteiger partial charge on any atom is 0.276 e. The van der Waals surface area contributed by atoms with Gasteiger partial charge in [-0.15, -0.1) is 24.0 Å². The van der Waals surface area contributed by atoms with E-state index in [0.717, 1.165) is 31.2 Å². The minimum absolute atomic E-state index is 0. The van der Waals surface area contributed by atoms with Crippen LogP contribution >= 0.6 is 24.0 Å². The summed E-state index contributed by atoms with van der Waals surface area (Å²) >= 11 is 0. The molecule has 2 aromatic heterocycles. The first-order valence-corrected chi connectivity index (χ1v) is 10.6. The molecule has 0 fully saturated rings. The predicted molar refractivity (Wildman–Crippen MR) is 137 cm³/mol. The van der Waals surface area contributed by atoms with Crippen molar-refractivity contribution >= 4 is 29.9 Å². The molecular weight excluding hydrogens is 519 g/mol. The summed E-state index contributed by atoms with van der Waals surface area (Å²) in [6.07, 6.45) is 3.29. The van der Waals surface area contributed by atoms with E-state index in [-0.39, 0.29) is 24.0 Å². The lowest BCUT2D eigenvalue weighted by atomic mass is 9.98. The molecule has 0 spiro atoms. The standard InChI is InChI=1S/C23H30N6O2.HI/c1-4-24-23(26-15-12-17(2)18-8-10-19(30-3)11-9-18)27-16-13-21-28-22(31-29-21)20-7-5-6-14-25-20;/h5-11,14,17H,4,12-13,15-16H2,1-3H3,(H2,24,26,27);1H. The van der Waals surface area contributed by atoms with Crippen molar-refractivity contribution in [1.29, 1.82) is 0 Å². The third-order valence-corrected chi connectivity index (χ3v) is 4.85. The first-order valence-electron chi connectivity index (χ1n) is 10.6. The second kappa shape index (κ2) is 13.7. The number of aromatic nitrogens is 3. The van der Waals surface area contributed by atoms with Crippen molar-refractivity contribution in [3.05, 3.63) is 60.0 Å². The number of nitrogens with one attached hydrogen (secondary N) is 2. The van der Waals surface area contributed by atoms with E-state index in [1.54, 1.807) is 13.3 Å². The second-order valence-electron chi connectivity index (χ2n) is 7.13. The number of halogens is 1. The van der Waals surface area contributed by atoms with Gasteiger partial charge in [0.05, 0.1) is 7.11 Å². The molecule has 0 amide bonds. The lowest BCUT2D eigenvalue weighted by molar-refractivity contribution is 0.414. The van der Waals surface area contributed by atoms with E-state index in [9.17, 15) is 0 Å². The summed E-state index contributed by atoms with van der Waals surface area (Å²) in [5, 5.41) is 10.6. The number of guanidine groups is 1.